The number of carbonyl (C=O) groups is 2. The summed E-state index contributed by atoms with van der Waals surface area (Å²) in [7, 11) is 0. The maximum atomic E-state index is 10.8. The van der Waals surface area contributed by atoms with Gasteiger partial charge in [-0.3, -0.25) is 9.59 Å². The molecule has 0 fully saturated rings. The molecule has 0 radical (unpaired) electrons. The number of hydrogen-bond donors (Lipinski definition) is 2. The number of carbonyl (C=O) groups excluding carboxylic acids is 2. The number of aliphatic hydroxyl groups is 1. The van der Waals surface area contributed by atoms with Crippen LogP contribution in [-0.2, 0) is 9.59 Å². The molecule has 68 valence electrons. The molecule has 0 aliphatic carbocycles. The second kappa shape index (κ2) is 6.54. The largest absolute Gasteiger partial charge is 0.396 e. The van der Waals surface area contributed by atoms with Crippen molar-refractivity contribution in [2.45, 2.75) is 12.8 Å². The Hall–Kier alpha value is -1.16. The Balaban J connectivity index is 3.36. The van der Waals surface area contributed by atoms with Crippen LogP contribution in [0.5, 0.6) is 0 Å². The van der Waals surface area contributed by atoms with E-state index in [9.17, 15) is 9.59 Å². The molecule has 0 aromatic carbocycles. The van der Waals surface area contributed by atoms with Crippen molar-refractivity contribution in [1.29, 1.82) is 0 Å². The van der Waals surface area contributed by atoms with Crippen LogP contribution >= 0.6 is 0 Å². The minimum atomic E-state index is -0.285. The molecule has 1 amide bonds. The fourth-order valence-corrected chi connectivity index (χ4v) is 0.647. The topological polar surface area (TPSA) is 66.4 Å². The van der Waals surface area contributed by atoms with Crippen molar-refractivity contribution in [3.05, 3.63) is 12.7 Å². The quantitative estimate of drug-likeness (QED) is 0.536. The summed E-state index contributed by atoms with van der Waals surface area (Å²) >= 11 is 0. The average Bonchev–Trinajstić information content (AvgIpc) is 2.04. The molecule has 0 aromatic heterocycles. The van der Waals surface area contributed by atoms with Crippen LogP contribution < -0.4 is 5.32 Å². The number of ketones is 1. The molecule has 4 nitrogen and oxygen atoms in total. The third kappa shape index (κ3) is 5.61. The van der Waals surface area contributed by atoms with Crippen LogP contribution in [0, 0.1) is 0 Å². The van der Waals surface area contributed by atoms with Crippen molar-refractivity contribution in [2.24, 2.45) is 0 Å². The Labute approximate surface area is 71.3 Å². The second-order valence-corrected chi connectivity index (χ2v) is 2.26. The van der Waals surface area contributed by atoms with E-state index in [0.717, 1.165) is 6.08 Å². The Kier molecular flexibility index (Phi) is 5.91. The van der Waals surface area contributed by atoms with Crippen molar-refractivity contribution < 1.29 is 14.7 Å². The molecule has 0 rings (SSSR count). The zero-order valence-electron chi connectivity index (χ0n) is 6.88. The Bertz CT molecular complexity index is 177. The third-order valence-electron chi connectivity index (χ3n) is 1.28. The van der Waals surface area contributed by atoms with E-state index in [0.29, 0.717) is 6.54 Å². The van der Waals surface area contributed by atoms with E-state index in [4.69, 9.17) is 5.11 Å². The lowest BCUT2D eigenvalue weighted by molar-refractivity contribution is -0.119. The van der Waals surface area contributed by atoms with E-state index in [1.165, 1.54) is 0 Å². The molecule has 0 atom stereocenters. The van der Waals surface area contributed by atoms with Gasteiger partial charge in [0.1, 0.15) is 5.78 Å². The average molecular weight is 171 g/mol. The van der Waals surface area contributed by atoms with Gasteiger partial charge in [-0.1, -0.05) is 6.58 Å². The van der Waals surface area contributed by atoms with Gasteiger partial charge in [0.15, 0.2) is 0 Å². The Morgan fingerprint density at radius 1 is 1.42 bits per heavy atom. The molecule has 4 heteroatoms. The molecule has 0 unspecified atom stereocenters. The summed E-state index contributed by atoms with van der Waals surface area (Å²) in [6.45, 7) is 3.44. The zero-order chi connectivity index (χ0) is 9.40. The standard InChI is InChI=1S/C8H13NO3/c1-2-8(12)9-5-3-7(11)4-6-10/h2,10H,1,3-6H2,(H,9,12). The van der Waals surface area contributed by atoms with Gasteiger partial charge < -0.3 is 10.4 Å². The highest BCUT2D eigenvalue weighted by Crippen LogP contribution is 1.86. The van der Waals surface area contributed by atoms with Crippen LogP contribution in [0.25, 0.3) is 0 Å². The van der Waals surface area contributed by atoms with Gasteiger partial charge in [0.2, 0.25) is 5.91 Å². The number of aliphatic hydroxyl groups excluding tert-OH is 1. The molecule has 0 bridgehead atoms. The first-order chi connectivity index (χ1) is 5.70. The molecule has 0 aliphatic rings. The van der Waals surface area contributed by atoms with E-state index in [1.54, 1.807) is 0 Å². The summed E-state index contributed by atoms with van der Waals surface area (Å²) in [4.78, 5) is 21.3. The summed E-state index contributed by atoms with van der Waals surface area (Å²) < 4.78 is 0. The summed E-state index contributed by atoms with van der Waals surface area (Å²) in [6.07, 6.45) is 1.57. The van der Waals surface area contributed by atoms with E-state index < -0.39 is 0 Å². The highest BCUT2D eigenvalue weighted by molar-refractivity contribution is 5.87. The summed E-state index contributed by atoms with van der Waals surface area (Å²) in [5.74, 6) is -0.339. The molecule has 0 heterocycles. The van der Waals surface area contributed by atoms with Crippen LogP contribution in [-0.4, -0.2) is 29.9 Å². The van der Waals surface area contributed by atoms with Crippen LogP contribution in [0.4, 0.5) is 0 Å². The zero-order valence-corrected chi connectivity index (χ0v) is 6.88. The lowest BCUT2D eigenvalue weighted by Gasteiger charge is -1.99. The third-order valence-corrected chi connectivity index (χ3v) is 1.28. The first-order valence-electron chi connectivity index (χ1n) is 3.73. The smallest absolute Gasteiger partial charge is 0.243 e. The molecular formula is C8H13NO3. The number of rotatable bonds is 6. The Morgan fingerprint density at radius 3 is 2.58 bits per heavy atom. The number of Topliss-reactive ketones (excluding diaryl/α,β-unsaturated/α-hetero) is 1. The SMILES string of the molecule is C=CC(=O)NCCC(=O)CCO. The van der Waals surface area contributed by atoms with Crippen LogP contribution in [0.15, 0.2) is 12.7 Å². The second-order valence-electron chi connectivity index (χ2n) is 2.26. The highest BCUT2D eigenvalue weighted by Gasteiger charge is 2.00. The first kappa shape index (κ1) is 10.8. The number of hydrogen-bond acceptors (Lipinski definition) is 3. The van der Waals surface area contributed by atoms with Gasteiger partial charge in [-0.25, -0.2) is 0 Å². The molecule has 2 N–H and O–H groups in total. The van der Waals surface area contributed by atoms with Gasteiger partial charge >= 0.3 is 0 Å². The van der Waals surface area contributed by atoms with Crippen molar-refractivity contribution in [3.63, 3.8) is 0 Å². The van der Waals surface area contributed by atoms with Gasteiger partial charge in [0.25, 0.3) is 0 Å². The van der Waals surface area contributed by atoms with Crippen LogP contribution in [0.2, 0.25) is 0 Å². The van der Waals surface area contributed by atoms with Gasteiger partial charge in [-0.05, 0) is 6.08 Å². The molecule has 0 saturated carbocycles. The minimum Gasteiger partial charge on any atom is -0.396 e. The van der Waals surface area contributed by atoms with E-state index in [1.807, 2.05) is 0 Å². The predicted octanol–water partition coefficient (Wildman–Crippen LogP) is -0.370. The fraction of sp³-hybridized carbons (Fsp3) is 0.500. The van der Waals surface area contributed by atoms with Crippen molar-refractivity contribution in [1.82, 2.24) is 5.32 Å². The van der Waals surface area contributed by atoms with Crippen LogP contribution in [0.1, 0.15) is 12.8 Å². The molecule has 12 heavy (non-hydrogen) atoms. The van der Waals surface area contributed by atoms with Gasteiger partial charge in [-0.2, -0.15) is 0 Å². The number of nitrogens with one attached hydrogen (secondary N) is 1. The molecular weight excluding hydrogens is 158 g/mol. The molecule has 0 spiro atoms. The Morgan fingerprint density at radius 2 is 2.08 bits per heavy atom. The first-order valence-corrected chi connectivity index (χ1v) is 3.73. The predicted molar refractivity (Wildman–Crippen MR) is 44.5 cm³/mol. The fourth-order valence-electron chi connectivity index (χ4n) is 0.647. The monoisotopic (exact) mass is 171 g/mol. The number of amides is 1. The summed E-state index contributed by atoms with van der Waals surface area (Å²) in [6, 6.07) is 0. The van der Waals surface area contributed by atoms with Crippen molar-refractivity contribution >= 4 is 11.7 Å². The van der Waals surface area contributed by atoms with Crippen LogP contribution in [0.3, 0.4) is 0 Å². The molecule has 0 aromatic rings. The van der Waals surface area contributed by atoms with E-state index >= 15 is 0 Å². The van der Waals surface area contributed by atoms with E-state index in [2.05, 4.69) is 11.9 Å². The summed E-state index contributed by atoms with van der Waals surface area (Å²) in [5.41, 5.74) is 0. The van der Waals surface area contributed by atoms with Gasteiger partial charge in [0.05, 0.1) is 0 Å². The maximum absolute atomic E-state index is 10.8. The highest BCUT2D eigenvalue weighted by atomic mass is 16.3. The van der Waals surface area contributed by atoms with Gasteiger partial charge in [0, 0.05) is 26.0 Å². The lowest BCUT2D eigenvalue weighted by Crippen LogP contribution is -2.23. The van der Waals surface area contributed by atoms with E-state index in [-0.39, 0.29) is 31.1 Å². The van der Waals surface area contributed by atoms with Crippen molar-refractivity contribution in [3.8, 4) is 0 Å². The van der Waals surface area contributed by atoms with Crippen molar-refractivity contribution in [2.75, 3.05) is 13.2 Å². The maximum Gasteiger partial charge on any atom is 0.243 e. The van der Waals surface area contributed by atoms with Gasteiger partial charge in [-0.15, -0.1) is 0 Å². The summed E-state index contributed by atoms with van der Waals surface area (Å²) in [5, 5.41) is 10.8. The molecule has 0 saturated heterocycles. The lowest BCUT2D eigenvalue weighted by atomic mass is 10.2. The normalized spacial score (nSPS) is 9.08. The minimum absolute atomic E-state index is 0.0538. The molecule has 0 aliphatic heterocycles.